The Morgan fingerprint density at radius 3 is 2.68 bits per heavy atom. The van der Waals surface area contributed by atoms with Gasteiger partial charge in [-0.25, -0.2) is 9.59 Å². The zero-order chi connectivity index (χ0) is 26.5. The number of urea groups is 1. The number of para-hydroxylation sites is 1. The number of furan rings is 1. The number of benzene rings is 2. The van der Waals surface area contributed by atoms with E-state index in [9.17, 15) is 19.2 Å². The second kappa shape index (κ2) is 11.0. The van der Waals surface area contributed by atoms with Gasteiger partial charge in [-0.15, -0.1) is 0 Å². The highest BCUT2D eigenvalue weighted by Gasteiger charge is 2.34. The van der Waals surface area contributed by atoms with Crippen LogP contribution in [0.5, 0.6) is 5.75 Å². The van der Waals surface area contributed by atoms with Gasteiger partial charge in [-0.3, -0.25) is 14.5 Å². The fraction of sp³-hybridized carbons (Fsp3) is 0.154. The SMILES string of the molecule is COC(=O)c1ccc(CN2C(=O)N/C(=C\c3cc(Cl)ccc3OCC(=O)Nc3ccccc3C)C2=O)o1. The molecule has 1 saturated heterocycles. The van der Waals surface area contributed by atoms with Crippen LogP contribution in [0, 0.1) is 6.92 Å². The summed E-state index contributed by atoms with van der Waals surface area (Å²) in [6.45, 7) is 1.39. The first-order valence-corrected chi connectivity index (χ1v) is 11.4. The fourth-order valence-corrected chi connectivity index (χ4v) is 3.69. The zero-order valence-electron chi connectivity index (χ0n) is 19.9. The normalized spacial score (nSPS) is 14.0. The Balaban J connectivity index is 1.47. The highest BCUT2D eigenvalue weighted by Crippen LogP contribution is 2.27. The summed E-state index contributed by atoms with van der Waals surface area (Å²) in [6, 6.07) is 14.2. The van der Waals surface area contributed by atoms with Gasteiger partial charge in [0.2, 0.25) is 5.76 Å². The number of amides is 4. The molecule has 0 radical (unpaired) electrons. The van der Waals surface area contributed by atoms with Crippen molar-refractivity contribution in [1.29, 1.82) is 0 Å². The van der Waals surface area contributed by atoms with E-state index in [4.69, 9.17) is 20.8 Å². The van der Waals surface area contributed by atoms with Crippen molar-refractivity contribution >= 4 is 47.2 Å². The molecule has 1 aromatic heterocycles. The summed E-state index contributed by atoms with van der Waals surface area (Å²) in [5, 5.41) is 5.64. The monoisotopic (exact) mass is 523 g/mol. The zero-order valence-corrected chi connectivity index (χ0v) is 20.6. The molecule has 3 aromatic rings. The lowest BCUT2D eigenvalue weighted by atomic mass is 10.1. The molecule has 1 aliphatic rings. The first-order valence-electron chi connectivity index (χ1n) is 11.0. The van der Waals surface area contributed by atoms with Crippen LogP contribution in [0.4, 0.5) is 10.5 Å². The summed E-state index contributed by atoms with van der Waals surface area (Å²) in [6.07, 6.45) is 1.41. The molecule has 1 aliphatic heterocycles. The van der Waals surface area contributed by atoms with Crippen LogP contribution >= 0.6 is 11.6 Å². The predicted octanol–water partition coefficient (Wildman–Crippen LogP) is 4.14. The lowest BCUT2D eigenvalue weighted by Crippen LogP contribution is -2.30. The second-order valence-corrected chi connectivity index (χ2v) is 8.41. The van der Waals surface area contributed by atoms with Crippen LogP contribution in [0.25, 0.3) is 6.08 Å². The number of anilines is 1. The number of hydrogen-bond acceptors (Lipinski definition) is 7. The van der Waals surface area contributed by atoms with Gasteiger partial charge in [0, 0.05) is 16.3 Å². The number of rotatable bonds is 8. The van der Waals surface area contributed by atoms with E-state index in [1.807, 2.05) is 25.1 Å². The van der Waals surface area contributed by atoms with Crippen LogP contribution in [0.15, 0.2) is 64.7 Å². The average molecular weight is 524 g/mol. The van der Waals surface area contributed by atoms with E-state index >= 15 is 0 Å². The molecule has 11 heteroatoms. The molecule has 0 bridgehead atoms. The average Bonchev–Trinajstić information content (AvgIpc) is 3.45. The number of nitrogens with one attached hydrogen (secondary N) is 2. The number of halogens is 1. The first-order chi connectivity index (χ1) is 17.7. The smallest absolute Gasteiger partial charge is 0.373 e. The van der Waals surface area contributed by atoms with Crippen molar-refractivity contribution in [2.45, 2.75) is 13.5 Å². The lowest BCUT2D eigenvalue weighted by molar-refractivity contribution is -0.123. The van der Waals surface area contributed by atoms with E-state index in [1.54, 1.807) is 24.3 Å². The standard InChI is InChI=1S/C26H22ClN3O7/c1-15-5-3-4-6-19(15)28-23(31)14-36-21-9-7-17(27)11-16(21)12-20-24(32)30(26(34)29-20)13-18-8-10-22(37-18)25(33)35-2/h3-12H,13-14H2,1-2H3,(H,28,31)(H,29,34)/b20-12-. The van der Waals surface area contributed by atoms with Crippen molar-refractivity contribution in [3.05, 3.63) is 88.0 Å². The fourth-order valence-electron chi connectivity index (χ4n) is 3.51. The maximum absolute atomic E-state index is 12.9. The molecular weight excluding hydrogens is 502 g/mol. The maximum Gasteiger partial charge on any atom is 0.373 e. The van der Waals surface area contributed by atoms with E-state index in [-0.39, 0.29) is 42.0 Å². The number of ether oxygens (including phenoxy) is 2. The van der Waals surface area contributed by atoms with Gasteiger partial charge in [0.25, 0.3) is 11.8 Å². The van der Waals surface area contributed by atoms with Gasteiger partial charge in [0.15, 0.2) is 6.61 Å². The quantitative estimate of drug-likeness (QED) is 0.258. The minimum atomic E-state index is -0.676. The van der Waals surface area contributed by atoms with Gasteiger partial charge in [-0.2, -0.15) is 0 Å². The molecular formula is C26H22ClN3O7. The third-order valence-corrected chi connectivity index (χ3v) is 5.61. The van der Waals surface area contributed by atoms with E-state index < -0.39 is 17.9 Å². The minimum Gasteiger partial charge on any atom is -0.483 e. The van der Waals surface area contributed by atoms with Gasteiger partial charge < -0.3 is 24.5 Å². The largest absolute Gasteiger partial charge is 0.483 e. The summed E-state index contributed by atoms with van der Waals surface area (Å²) in [4.78, 5) is 50.3. The Labute approximate surface area is 216 Å². The van der Waals surface area contributed by atoms with E-state index in [2.05, 4.69) is 15.4 Å². The molecule has 2 aromatic carbocycles. The topological polar surface area (TPSA) is 127 Å². The molecule has 4 amide bonds. The van der Waals surface area contributed by atoms with Gasteiger partial charge >= 0.3 is 12.0 Å². The molecule has 0 unspecified atom stereocenters. The number of aryl methyl sites for hydroxylation is 1. The molecule has 4 rings (SSSR count). The molecule has 37 heavy (non-hydrogen) atoms. The summed E-state index contributed by atoms with van der Waals surface area (Å²) in [5.41, 5.74) is 1.93. The van der Waals surface area contributed by atoms with Crippen molar-refractivity contribution < 1.29 is 33.1 Å². The Morgan fingerprint density at radius 2 is 1.92 bits per heavy atom. The van der Waals surface area contributed by atoms with Crippen LogP contribution in [0.2, 0.25) is 5.02 Å². The van der Waals surface area contributed by atoms with Gasteiger partial charge in [0.1, 0.15) is 17.2 Å². The predicted molar refractivity (Wildman–Crippen MR) is 134 cm³/mol. The number of hydrogen-bond donors (Lipinski definition) is 2. The molecule has 0 atom stereocenters. The van der Waals surface area contributed by atoms with E-state index in [0.717, 1.165) is 10.5 Å². The molecule has 0 saturated carbocycles. The van der Waals surface area contributed by atoms with Crippen LogP contribution in [0.3, 0.4) is 0 Å². The molecule has 2 N–H and O–H groups in total. The third-order valence-electron chi connectivity index (χ3n) is 5.37. The molecule has 0 spiro atoms. The Bertz CT molecular complexity index is 1410. The van der Waals surface area contributed by atoms with Crippen molar-refractivity contribution in [3.63, 3.8) is 0 Å². The van der Waals surface area contributed by atoms with Gasteiger partial charge in [-0.05, 0) is 55.0 Å². The van der Waals surface area contributed by atoms with Crippen LogP contribution in [-0.2, 0) is 20.9 Å². The Hall–Kier alpha value is -4.57. The number of esters is 1. The van der Waals surface area contributed by atoms with Crippen molar-refractivity contribution in [3.8, 4) is 5.75 Å². The Kier molecular flexibility index (Phi) is 7.59. The number of methoxy groups -OCH3 is 1. The van der Waals surface area contributed by atoms with Crippen molar-refractivity contribution in [1.82, 2.24) is 10.2 Å². The van der Waals surface area contributed by atoms with Gasteiger partial charge in [0.05, 0.1) is 13.7 Å². The summed E-state index contributed by atoms with van der Waals surface area (Å²) in [5.74, 6) is -1.21. The minimum absolute atomic E-state index is 0.0266. The summed E-state index contributed by atoms with van der Waals surface area (Å²) < 4.78 is 15.6. The van der Waals surface area contributed by atoms with Crippen LogP contribution in [0.1, 0.15) is 27.4 Å². The van der Waals surface area contributed by atoms with E-state index in [1.165, 1.54) is 25.3 Å². The number of imide groups is 1. The molecule has 10 nitrogen and oxygen atoms in total. The van der Waals surface area contributed by atoms with Crippen LogP contribution in [-0.4, -0.2) is 42.4 Å². The maximum atomic E-state index is 12.9. The second-order valence-electron chi connectivity index (χ2n) is 7.97. The summed E-state index contributed by atoms with van der Waals surface area (Å²) >= 11 is 6.13. The van der Waals surface area contributed by atoms with Crippen molar-refractivity contribution in [2.24, 2.45) is 0 Å². The Morgan fingerprint density at radius 1 is 1.14 bits per heavy atom. The highest BCUT2D eigenvalue weighted by atomic mass is 35.5. The molecule has 0 aliphatic carbocycles. The summed E-state index contributed by atoms with van der Waals surface area (Å²) in [7, 11) is 1.21. The van der Waals surface area contributed by atoms with E-state index in [0.29, 0.717) is 16.3 Å². The molecule has 1 fully saturated rings. The van der Waals surface area contributed by atoms with Gasteiger partial charge in [-0.1, -0.05) is 29.8 Å². The number of carbonyl (C=O) groups is 4. The number of nitrogens with zero attached hydrogens (tertiary/aromatic N) is 1. The van der Waals surface area contributed by atoms with Crippen LogP contribution < -0.4 is 15.4 Å². The third kappa shape index (κ3) is 5.99. The molecule has 190 valence electrons. The molecule has 2 heterocycles. The van der Waals surface area contributed by atoms with Crippen molar-refractivity contribution in [2.75, 3.05) is 19.0 Å². The first kappa shape index (κ1) is 25.5. The highest BCUT2D eigenvalue weighted by molar-refractivity contribution is 6.30. The lowest BCUT2D eigenvalue weighted by Gasteiger charge is -2.12. The number of carbonyl (C=O) groups excluding carboxylic acids is 4.